The number of nitrogen functional groups attached to an aromatic ring is 1. The number of imidazole rings is 2. The minimum Gasteiger partial charge on any atom is -0.397 e. The number of nitrogens with two attached hydrogens (primary N) is 1. The molecule has 4 aromatic heterocycles. The summed E-state index contributed by atoms with van der Waals surface area (Å²) in [5.74, 6) is 0. The van der Waals surface area contributed by atoms with Crippen LogP contribution in [0, 0.1) is 0 Å². The van der Waals surface area contributed by atoms with Gasteiger partial charge in [0.05, 0.1) is 37.9 Å². The van der Waals surface area contributed by atoms with Gasteiger partial charge in [0.15, 0.2) is 41.6 Å². The van der Waals surface area contributed by atoms with E-state index in [2.05, 4.69) is 24.9 Å². The van der Waals surface area contributed by atoms with Crippen LogP contribution in [0.5, 0.6) is 0 Å². The van der Waals surface area contributed by atoms with Gasteiger partial charge in [-0.1, -0.05) is 0 Å². The highest BCUT2D eigenvalue weighted by atomic mass is 31.2. The Hall–Kier alpha value is -3.23. The average Bonchev–Trinajstić information content (AvgIpc) is 3.75. The van der Waals surface area contributed by atoms with E-state index >= 15 is 8.78 Å². The highest BCUT2D eigenvalue weighted by Crippen LogP contribution is 2.52. The van der Waals surface area contributed by atoms with Crippen LogP contribution in [0.1, 0.15) is 12.5 Å². The minimum atomic E-state index is -5.17. The van der Waals surface area contributed by atoms with Gasteiger partial charge in [-0.15, -0.1) is 0 Å². The second kappa shape index (κ2) is 11.2. The van der Waals surface area contributed by atoms with Crippen LogP contribution < -0.4 is 11.3 Å². The summed E-state index contributed by atoms with van der Waals surface area (Å²) in [5, 5.41) is 0. The molecule has 7 rings (SSSR count). The lowest BCUT2D eigenvalue weighted by Gasteiger charge is -2.25. The molecule has 3 saturated heterocycles. The van der Waals surface area contributed by atoms with E-state index in [1.165, 1.54) is 23.2 Å². The van der Waals surface area contributed by atoms with Gasteiger partial charge in [-0.2, -0.15) is 0 Å². The number of phosphoric ester groups is 1. The fourth-order valence-electron chi connectivity index (χ4n) is 5.36. The molecular formula is C22H24F2N8O11P2. The zero-order chi connectivity index (χ0) is 31.7. The fourth-order valence-corrected chi connectivity index (χ4v) is 7.10. The van der Waals surface area contributed by atoms with Gasteiger partial charge < -0.3 is 39.2 Å². The summed E-state index contributed by atoms with van der Waals surface area (Å²) < 4.78 is 92.1. The summed E-state index contributed by atoms with van der Waals surface area (Å²) in [4.78, 5) is 51.8. The van der Waals surface area contributed by atoms with Crippen LogP contribution in [-0.2, 0) is 36.9 Å². The van der Waals surface area contributed by atoms with Gasteiger partial charge >= 0.3 is 15.4 Å². The van der Waals surface area contributed by atoms with E-state index in [9.17, 15) is 23.7 Å². The number of rotatable bonds is 2. The molecule has 10 atom stereocenters. The molecule has 7 heterocycles. The first-order chi connectivity index (χ1) is 21.4. The predicted octanol–water partition coefficient (Wildman–Crippen LogP) is 0.678. The van der Waals surface area contributed by atoms with Crippen molar-refractivity contribution in [3.63, 3.8) is 0 Å². The molecule has 4 unspecified atom stereocenters. The van der Waals surface area contributed by atoms with Crippen molar-refractivity contribution in [1.29, 1.82) is 0 Å². The largest absolute Gasteiger partial charge is 0.472 e. The maximum Gasteiger partial charge on any atom is 0.472 e. The molecule has 0 aliphatic carbocycles. The molecule has 242 valence electrons. The average molecular weight is 676 g/mol. The fraction of sp³-hybridized carbons (Fsp3) is 0.500. The summed E-state index contributed by atoms with van der Waals surface area (Å²) in [6.45, 7) is -1.70. The number of alkyl halides is 2. The number of phosphoric acid groups is 1. The van der Waals surface area contributed by atoms with E-state index < -0.39 is 89.8 Å². The number of nitrogens with one attached hydrogen (secondary N) is 1. The Kier molecular flexibility index (Phi) is 7.59. The summed E-state index contributed by atoms with van der Waals surface area (Å²) >= 11 is 0. The smallest absolute Gasteiger partial charge is 0.397 e. The number of hydrogen-bond acceptors (Lipinski definition) is 14. The van der Waals surface area contributed by atoms with E-state index in [1.54, 1.807) is 0 Å². The molecule has 4 aromatic rings. The summed E-state index contributed by atoms with van der Waals surface area (Å²) in [5.41, 5.74) is 5.74. The molecule has 23 heteroatoms. The van der Waals surface area contributed by atoms with E-state index in [0.717, 1.165) is 17.2 Å². The van der Waals surface area contributed by atoms with Crippen LogP contribution in [0.4, 0.5) is 14.5 Å². The molecule has 3 fully saturated rings. The molecule has 0 aromatic carbocycles. The minimum absolute atomic E-state index is 0.0792. The summed E-state index contributed by atoms with van der Waals surface area (Å²) in [7, 11) is -9.85. The van der Waals surface area contributed by atoms with Gasteiger partial charge in [-0.25, -0.2) is 33.3 Å². The molecule has 45 heavy (non-hydrogen) atoms. The van der Waals surface area contributed by atoms with Gasteiger partial charge in [0.25, 0.3) is 5.56 Å². The van der Waals surface area contributed by atoms with Crippen molar-refractivity contribution < 1.29 is 55.5 Å². The summed E-state index contributed by atoms with van der Waals surface area (Å²) in [6, 6.07) is 1.49. The van der Waals surface area contributed by atoms with Crippen molar-refractivity contribution >= 4 is 43.4 Å². The lowest BCUT2D eigenvalue weighted by Crippen LogP contribution is -2.36. The highest BCUT2D eigenvalue weighted by Gasteiger charge is 2.53. The standard InChI is InChI=1S/C22H24F2N8O11P2/c23-12-10-3-39-44(34,35)8-38-16-11(42-21(13(16)24)31-6-29-14-9(25)1-2-26-18(14)31)4-40-45(36,37)43-17(12)22(41-10)32-7-30-15-19(32)27-5-28-20(15)33/h1-2,5-7,10-13,16-17,21-22H,3-4,8H2,(H2,25,26)(H,34,35)(H,36,37)(H,27,28,33)/t10-,11-,12?,13+,16?,17+,21-,22-/m1/s1. The Morgan fingerprint density at radius 1 is 0.911 bits per heavy atom. The Balaban J connectivity index is 1.20. The molecule has 19 nitrogen and oxygen atoms in total. The van der Waals surface area contributed by atoms with E-state index in [-0.39, 0.29) is 28.0 Å². The van der Waals surface area contributed by atoms with Crippen LogP contribution in [-0.4, -0.2) is 100 Å². The molecule has 0 spiro atoms. The third-order valence-corrected chi connectivity index (χ3v) is 9.48. The highest BCUT2D eigenvalue weighted by molar-refractivity contribution is 7.52. The lowest BCUT2D eigenvalue weighted by molar-refractivity contribution is -0.0620. The number of nitrogens with zero attached hydrogens (tertiary/aromatic N) is 6. The number of fused-ring (bicyclic) bond motifs is 5. The number of ether oxygens (including phenoxy) is 3. The second-order valence-electron chi connectivity index (χ2n) is 10.3. The van der Waals surface area contributed by atoms with Gasteiger partial charge in [-0.05, 0) is 6.07 Å². The van der Waals surface area contributed by atoms with Gasteiger partial charge in [0.2, 0.25) is 0 Å². The Morgan fingerprint density at radius 3 is 2.40 bits per heavy atom. The Bertz CT molecular complexity index is 1910. The third-order valence-electron chi connectivity index (χ3n) is 7.46. The first-order valence-electron chi connectivity index (χ1n) is 13.2. The van der Waals surface area contributed by atoms with Crippen LogP contribution in [0.25, 0.3) is 22.3 Å². The molecule has 3 aliphatic heterocycles. The van der Waals surface area contributed by atoms with E-state index in [4.69, 9.17) is 33.5 Å². The van der Waals surface area contributed by atoms with Crippen LogP contribution in [0.3, 0.4) is 0 Å². The van der Waals surface area contributed by atoms with Crippen molar-refractivity contribution in [2.75, 3.05) is 25.3 Å². The second-order valence-corrected chi connectivity index (χ2v) is 13.5. The zero-order valence-corrected chi connectivity index (χ0v) is 24.4. The van der Waals surface area contributed by atoms with Crippen LogP contribution in [0.15, 0.2) is 36.0 Å². The van der Waals surface area contributed by atoms with Crippen molar-refractivity contribution in [1.82, 2.24) is 34.1 Å². The van der Waals surface area contributed by atoms with E-state index in [1.807, 2.05) is 0 Å². The molecule has 3 aliphatic rings. The number of H-pyrrole nitrogens is 1. The normalized spacial score (nSPS) is 38.0. The number of pyridine rings is 1. The molecule has 0 saturated carbocycles. The van der Waals surface area contributed by atoms with Crippen LogP contribution in [0.2, 0.25) is 0 Å². The van der Waals surface area contributed by atoms with Crippen LogP contribution >= 0.6 is 15.4 Å². The first kappa shape index (κ1) is 30.4. The quantitative estimate of drug-likeness (QED) is 0.213. The molecular weight excluding hydrogens is 652 g/mol. The van der Waals surface area contributed by atoms with Gasteiger partial charge in [0, 0.05) is 6.20 Å². The topological polar surface area (TPSA) is 250 Å². The molecule has 5 N–H and O–H groups in total. The SMILES string of the molecule is Nc1ccnc2c1ncn2[C@@H]1O[C@@H]2COP(=O)(O)O[C@H]3C(F)[C@@H](COP(=O)(O)COC2[C@@H]1F)O[C@H]3n1cnc2c(=O)[nH]cnc21. The maximum absolute atomic E-state index is 15.9. The predicted molar refractivity (Wildman–Crippen MR) is 144 cm³/mol. The molecule has 2 bridgehead atoms. The third kappa shape index (κ3) is 5.48. The number of hydrogen-bond donors (Lipinski definition) is 4. The number of aromatic nitrogens is 7. The van der Waals surface area contributed by atoms with Gasteiger partial charge in [0.1, 0.15) is 36.3 Å². The Labute approximate surface area is 249 Å². The van der Waals surface area contributed by atoms with Crippen molar-refractivity contribution in [2.24, 2.45) is 0 Å². The summed E-state index contributed by atoms with van der Waals surface area (Å²) in [6.07, 6.45) is -10.3. The lowest BCUT2D eigenvalue weighted by atomic mass is 10.1. The van der Waals surface area contributed by atoms with Crippen molar-refractivity contribution in [3.8, 4) is 0 Å². The van der Waals surface area contributed by atoms with Gasteiger partial charge in [-0.3, -0.25) is 27.5 Å². The van der Waals surface area contributed by atoms with E-state index in [0.29, 0.717) is 0 Å². The molecule has 0 radical (unpaired) electrons. The maximum atomic E-state index is 15.9. The first-order valence-corrected chi connectivity index (χ1v) is 16.5. The molecule has 0 amide bonds. The number of anilines is 1. The monoisotopic (exact) mass is 676 g/mol. The zero-order valence-electron chi connectivity index (χ0n) is 22.6. The number of aromatic amines is 1. The Morgan fingerprint density at radius 2 is 1.60 bits per heavy atom. The number of halogens is 2. The van der Waals surface area contributed by atoms with Crippen molar-refractivity contribution in [2.45, 2.75) is 49.2 Å². The van der Waals surface area contributed by atoms with Crippen molar-refractivity contribution in [3.05, 3.63) is 41.6 Å².